The van der Waals surface area contributed by atoms with Crippen LogP contribution in [0.5, 0.6) is 0 Å². The number of aromatic nitrogens is 2. The van der Waals surface area contributed by atoms with Gasteiger partial charge in [0, 0.05) is 26.3 Å². The van der Waals surface area contributed by atoms with Gasteiger partial charge < -0.3 is 18.9 Å². The van der Waals surface area contributed by atoms with Crippen LogP contribution >= 0.6 is 0 Å². The van der Waals surface area contributed by atoms with Gasteiger partial charge in [0.2, 0.25) is 0 Å². The molecule has 122 valence electrons. The van der Waals surface area contributed by atoms with Crippen molar-refractivity contribution in [2.75, 3.05) is 32.8 Å². The van der Waals surface area contributed by atoms with Crippen LogP contribution in [0.25, 0.3) is 0 Å². The Hall–Kier alpha value is -0.980. The maximum absolute atomic E-state index is 6.22. The number of ether oxygens (including phenoxy) is 2. The topological polar surface area (TPSA) is 60.6 Å². The van der Waals surface area contributed by atoms with E-state index in [1.54, 1.807) is 0 Å². The van der Waals surface area contributed by atoms with Crippen molar-refractivity contribution < 1.29 is 14.0 Å². The van der Waals surface area contributed by atoms with E-state index in [0.717, 1.165) is 32.1 Å². The molecule has 3 aliphatic rings. The van der Waals surface area contributed by atoms with Crippen LogP contribution in [0.3, 0.4) is 0 Å². The van der Waals surface area contributed by atoms with Crippen molar-refractivity contribution in [3.8, 4) is 0 Å². The lowest BCUT2D eigenvalue weighted by atomic mass is 9.90. The number of rotatable bonds is 3. The van der Waals surface area contributed by atoms with Gasteiger partial charge in [0.25, 0.3) is 5.89 Å². The van der Waals surface area contributed by atoms with Gasteiger partial charge >= 0.3 is 0 Å². The molecule has 0 unspecified atom stereocenters. The van der Waals surface area contributed by atoms with Crippen molar-refractivity contribution in [3.63, 3.8) is 0 Å². The Kier molecular flexibility index (Phi) is 4.15. The molecule has 0 spiro atoms. The quantitative estimate of drug-likeness (QED) is 0.851. The molecule has 4 rings (SSSR count). The highest BCUT2D eigenvalue weighted by Crippen LogP contribution is 2.40. The fraction of sp³-hybridized carbons (Fsp3) is 0.875. The van der Waals surface area contributed by atoms with Gasteiger partial charge in [0.1, 0.15) is 6.10 Å². The molecule has 0 aromatic carbocycles. The van der Waals surface area contributed by atoms with E-state index in [1.165, 1.54) is 32.4 Å². The molecular formula is C16H25N3O3. The summed E-state index contributed by atoms with van der Waals surface area (Å²) in [5.74, 6) is 2.78. The van der Waals surface area contributed by atoms with E-state index < -0.39 is 0 Å². The van der Waals surface area contributed by atoms with Gasteiger partial charge in [0.05, 0.1) is 6.10 Å². The maximum Gasteiger partial charge on any atom is 0.255 e. The van der Waals surface area contributed by atoms with E-state index in [-0.39, 0.29) is 6.10 Å². The molecule has 0 amide bonds. The first-order valence-electron chi connectivity index (χ1n) is 8.53. The second-order valence-corrected chi connectivity index (χ2v) is 6.94. The zero-order valence-corrected chi connectivity index (χ0v) is 13.2. The lowest BCUT2D eigenvalue weighted by Crippen LogP contribution is -2.44. The highest BCUT2D eigenvalue weighted by Gasteiger charge is 2.41. The summed E-state index contributed by atoms with van der Waals surface area (Å²) in [7, 11) is 0. The molecule has 0 radical (unpaired) electrons. The van der Waals surface area contributed by atoms with Gasteiger partial charge in [-0.2, -0.15) is 4.98 Å². The molecular weight excluding hydrogens is 282 g/mol. The number of fused-ring (bicyclic) bond motifs is 1. The Morgan fingerprint density at radius 3 is 2.86 bits per heavy atom. The Morgan fingerprint density at radius 2 is 2.09 bits per heavy atom. The number of piperidine rings is 1. The molecule has 0 N–H and O–H groups in total. The monoisotopic (exact) mass is 307 g/mol. The van der Waals surface area contributed by atoms with Crippen LogP contribution in [-0.2, 0) is 9.47 Å². The van der Waals surface area contributed by atoms with Crippen LogP contribution < -0.4 is 0 Å². The van der Waals surface area contributed by atoms with Crippen LogP contribution in [-0.4, -0.2) is 54.0 Å². The van der Waals surface area contributed by atoms with Crippen molar-refractivity contribution in [2.45, 2.75) is 44.8 Å². The molecule has 4 heterocycles. The second-order valence-electron chi connectivity index (χ2n) is 6.94. The molecule has 3 atom stereocenters. The summed E-state index contributed by atoms with van der Waals surface area (Å²) in [4.78, 5) is 6.91. The van der Waals surface area contributed by atoms with Crippen molar-refractivity contribution in [1.29, 1.82) is 0 Å². The third-order valence-corrected chi connectivity index (χ3v) is 5.31. The highest BCUT2D eigenvalue weighted by atomic mass is 16.5. The number of hydrogen-bond donors (Lipinski definition) is 0. The summed E-state index contributed by atoms with van der Waals surface area (Å²) < 4.78 is 17.0. The summed E-state index contributed by atoms with van der Waals surface area (Å²) in [6.45, 7) is 7.15. The van der Waals surface area contributed by atoms with Crippen molar-refractivity contribution in [1.82, 2.24) is 15.0 Å². The van der Waals surface area contributed by atoms with E-state index in [0.29, 0.717) is 23.7 Å². The zero-order chi connectivity index (χ0) is 14.9. The van der Waals surface area contributed by atoms with E-state index in [2.05, 4.69) is 15.0 Å². The van der Waals surface area contributed by atoms with E-state index in [4.69, 9.17) is 14.0 Å². The minimum Gasteiger partial charge on any atom is -0.381 e. The van der Waals surface area contributed by atoms with Gasteiger partial charge in [-0.15, -0.1) is 0 Å². The molecule has 3 aliphatic heterocycles. The molecule has 22 heavy (non-hydrogen) atoms. The first-order chi connectivity index (χ1) is 10.8. The fourth-order valence-corrected chi connectivity index (χ4v) is 4.06. The summed E-state index contributed by atoms with van der Waals surface area (Å²) in [5, 5.41) is 3.88. The molecule has 1 aromatic rings. The van der Waals surface area contributed by atoms with Gasteiger partial charge in [-0.25, -0.2) is 0 Å². The maximum atomic E-state index is 6.22. The third kappa shape index (κ3) is 3.05. The first-order valence-corrected chi connectivity index (χ1v) is 8.53. The predicted molar refractivity (Wildman–Crippen MR) is 79.4 cm³/mol. The zero-order valence-electron chi connectivity index (χ0n) is 13.2. The Bertz CT molecular complexity index is 501. The normalized spacial score (nSPS) is 34.0. The predicted octanol–water partition coefficient (Wildman–Crippen LogP) is 1.96. The first kappa shape index (κ1) is 14.6. The van der Waals surface area contributed by atoms with Gasteiger partial charge in [-0.3, -0.25) is 0 Å². The third-order valence-electron chi connectivity index (χ3n) is 5.31. The molecule has 0 bridgehead atoms. The second kappa shape index (κ2) is 6.26. The summed E-state index contributed by atoms with van der Waals surface area (Å²) in [6.07, 6.45) is 4.98. The molecule has 6 heteroatoms. The smallest absolute Gasteiger partial charge is 0.255 e. The summed E-state index contributed by atoms with van der Waals surface area (Å²) in [5.41, 5.74) is 0. The van der Waals surface area contributed by atoms with Crippen LogP contribution in [0.2, 0.25) is 0 Å². The largest absolute Gasteiger partial charge is 0.381 e. The minimum absolute atomic E-state index is 0.000712. The number of nitrogens with zero attached hydrogens (tertiary/aromatic N) is 3. The average molecular weight is 307 g/mol. The lowest BCUT2D eigenvalue weighted by molar-refractivity contribution is -0.0255. The number of aryl methyl sites for hydroxylation is 1. The molecule has 0 saturated carbocycles. The van der Waals surface area contributed by atoms with Gasteiger partial charge in [-0.1, -0.05) is 5.16 Å². The van der Waals surface area contributed by atoms with E-state index in [9.17, 15) is 0 Å². The molecule has 1 aromatic heterocycles. The van der Waals surface area contributed by atoms with Crippen molar-refractivity contribution in [3.05, 3.63) is 11.7 Å². The molecule has 6 nitrogen and oxygen atoms in total. The molecule has 0 aliphatic carbocycles. The number of likely N-dealkylation sites (tertiary alicyclic amines) is 1. The van der Waals surface area contributed by atoms with E-state index in [1.807, 2.05) is 6.92 Å². The molecule has 3 saturated heterocycles. The number of hydrogen-bond acceptors (Lipinski definition) is 6. The summed E-state index contributed by atoms with van der Waals surface area (Å²) in [6, 6.07) is 0. The van der Waals surface area contributed by atoms with Gasteiger partial charge in [0.15, 0.2) is 5.82 Å². The minimum atomic E-state index is -0.000712. The summed E-state index contributed by atoms with van der Waals surface area (Å²) >= 11 is 0. The fourth-order valence-electron chi connectivity index (χ4n) is 4.06. The van der Waals surface area contributed by atoms with Crippen LogP contribution in [0.15, 0.2) is 4.52 Å². The van der Waals surface area contributed by atoms with Crippen LogP contribution in [0.1, 0.15) is 43.5 Å². The van der Waals surface area contributed by atoms with Crippen molar-refractivity contribution >= 4 is 0 Å². The molecule has 3 fully saturated rings. The van der Waals surface area contributed by atoms with E-state index >= 15 is 0 Å². The Balaban J connectivity index is 1.33. The highest BCUT2D eigenvalue weighted by molar-refractivity contribution is 4.97. The van der Waals surface area contributed by atoms with Crippen molar-refractivity contribution in [2.24, 2.45) is 11.8 Å². The standard InChI is InChI=1S/C16H25N3O3/c1-11-17-16(22-18-11)14-8-13-2-5-19(10-15(13)21-14)9-12-3-6-20-7-4-12/h12-15H,2-10H2,1H3/t13-,14-,15+/m0/s1. The van der Waals surface area contributed by atoms with Crippen LogP contribution in [0.4, 0.5) is 0 Å². The van der Waals surface area contributed by atoms with Crippen LogP contribution in [0, 0.1) is 18.8 Å². The Labute approximate surface area is 131 Å². The SMILES string of the molecule is Cc1noc([C@@H]2C[C@@H]3CCN(CC4CCOCC4)C[C@H]3O2)n1. The van der Waals surface area contributed by atoms with Gasteiger partial charge in [-0.05, 0) is 51.0 Å². The lowest BCUT2D eigenvalue weighted by Gasteiger charge is -2.36. The average Bonchev–Trinajstić information content (AvgIpc) is 3.14. The Morgan fingerprint density at radius 1 is 1.23 bits per heavy atom.